The average molecular weight is 306 g/mol. The van der Waals surface area contributed by atoms with Crippen LogP contribution >= 0.6 is 11.8 Å². The lowest BCUT2D eigenvalue weighted by molar-refractivity contribution is -0.116. The minimum atomic E-state index is -0.0382. The van der Waals surface area contributed by atoms with Crippen molar-refractivity contribution in [2.24, 2.45) is 0 Å². The minimum absolute atomic E-state index is 0.0382. The Labute approximate surface area is 130 Å². The molecule has 0 saturated heterocycles. The molecule has 0 saturated carbocycles. The summed E-state index contributed by atoms with van der Waals surface area (Å²) in [6.07, 6.45) is 2.17. The molecule has 1 aliphatic rings. The number of thioether (sulfide) groups is 1. The van der Waals surface area contributed by atoms with E-state index in [0.717, 1.165) is 29.2 Å². The van der Waals surface area contributed by atoms with Gasteiger partial charge in [0.05, 0.1) is 0 Å². The quantitative estimate of drug-likeness (QED) is 0.795. The molecule has 2 amide bonds. The molecule has 0 fully saturated rings. The summed E-state index contributed by atoms with van der Waals surface area (Å²) in [5.74, 6) is 2.18. The van der Waals surface area contributed by atoms with Crippen molar-refractivity contribution in [3.8, 4) is 0 Å². The molecule has 0 aliphatic carbocycles. The number of amides is 2. The number of carbonyl (C=O) groups excluding carboxylic acids is 2. The number of carbonyl (C=O) groups is 2. The molecule has 1 unspecified atom stereocenters. The third-order valence-corrected chi connectivity index (χ3v) is 4.47. The zero-order valence-corrected chi connectivity index (χ0v) is 13.4. The molecule has 0 radical (unpaired) electrons. The van der Waals surface area contributed by atoms with E-state index in [1.165, 1.54) is 0 Å². The molecule has 21 heavy (non-hydrogen) atoms. The standard InChI is InChI=1S/C16H22N2O2S/c1-3-21-9-8-11(2)17-16(20)13-4-6-14-12(10-13)5-7-15(19)18-14/h4,6,10-11H,3,5,7-9H2,1-2H3,(H,17,20)(H,18,19). The van der Waals surface area contributed by atoms with Gasteiger partial charge in [0, 0.05) is 23.7 Å². The van der Waals surface area contributed by atoms with Crippen LogP contribution in [0.5, 0.6) is 0 Å². The molecule has 1 aliphatic heterocycles. The van der Waals surface area contributed by atoms with E-state index in [4.69, 9.17) is 0 Å². The van der Waals surface area contributed by atoms with Crippen LogP contribution in [0.15, 0.2) is 18.2 Å². The lowest BCUT2D eigenvalue weighted by Gasteiger charge is -2.18. The van der Waals surface area contributed by atoms with Crippen LogP contribution in [0, 0.1) is 0 Å². The van der Waals surface area contributed by atoms with E-state index in [0.29, 0.717) is 18.4 Å². The predicted octanol–water partition coefficient (Wildman–Crippen LogP) is 2.83. The number of rotatable bonds is 6. The highest BCUT2D eigenvalue weighted by Gasteiger charge is 2.17. The summed E-state index contributed by atoms with van der Waals surface area (Å²) in [4.78, 5) is 23.6. The van der Waals surface area contributed by atoms with Gasteiger partial charge >= 0.3 is 0 Å². The molecule has 1 heterocycles. The van der Waals surface area contributed by atoms with Crippen molar-refractivity contribution < 1.29 is 9.59 Å². The molecule has 1 aromatic carbocycles. The fourth-order valence-electron chi connectivity index (χ4n) is 2.31. The highest BCUT2D eigenvalue weighted by Crippen LogP contribution is 2.23. The van der Waals surface area contributed by atoms with Crippen molar-refractivity contribution in [1.29, 1.82) is 0 Å². The third kappa shape index (κ3) is 4.49. The molecule has 0 aromatic heterocycles. The summed E-state index contributed by atoms with van der Waals surface area (Å²) in [5, 5.41) is 5.86. The first-order chi connectivity index (χ1) is 10.1. The van der Waals surface area contributed by atoms with Gasteiger partial charge in [0.1, 0.15) is 0 Å². The number of hydrogen-bond donors (Lipinski definition) is 2. The Balaban J connectivity index is 1.95. The molecular weight excluding hydrogens is 284 g/mol. The first-order valence-electron chi connectivity index (χ1n) is 7.41. The second kappa shape index (κ2) is 7.50. The van der Waals surface area contributed by atoms with Crippen molar-refractivity contribution in [2.45, 2.75) is 39.2 Å². The highest BCUT2D eigenvalue weighted by molar-refractivity contribution is 7.99. The Hall–Kier alpha value is -1.49. The molecule has 5 heteroatoms. The summed E-state index contributed by atoms with van der Waals surface area (Å²) >= 11 is 1.89. The molecule has 0 bridgehead atoms. The molecule has 2 N–H and O–H groups in total. The van der Waals surface area contributed by atoms with Crippen LogP contribution in [-0.4, -0.2) is 29.4 Å². The van der Waals surface area contributed by atoms with Crippen LogP contribution in [0.4, 0.5) is 5.69 Å². The van der Waals surface area contributed by atoms with Gasteiger partial charge in [-0.05, 0) is 55.0 Å². The van der Waals surface area contributed by atoms with E-state index in [1.807, 2.05) is 30.8 Å². The van der Waals surface area contributed by atoms with Gasteiger partial charge in [-0.25, -0.2) is 0 Å². The van der Waals surface area contributed by atoms with Crippen LogP contribution in [0.3, 0.4) is 0 Å². The maximum absolute atomic E-state index is 12.2. The first-order valence-corrected chi connectivity index (χ1v) is 8.57. The maximum atomic E-state index is 12.2. The smallest absolute Gasteiger partial charge is 0.251 e. The van der Waals surface area contributed by atoms with Crippen LogP contribution in [0.25, 0.3) is 0 Å². The van der Waals surface area contributed by atoms with Gasteiger partial charge in [-0.15, -0.1) is 0 Å². The van der Waals surface area contributed by atoms with Crippen molar-refractivity contribution in [3.63, 3.8) is 0 Å². The molecule has 4 nitrogen and oxygen atoms in total. The largest absolute Gasteiger partial charge is 0.350 e. The highest BCUT2D eigenvalue weighted by atomic mass is 32.2. The lowest BCUT2D eigenvalue weighted by Crippen LogP contribution is -2.33. The van der Waals surface area contributed by atoms with E-state index < -0.39 is 0 Å². The van der Waals surface area contributed by atoms with Crippen LogP contribution in [0.1, 0.15) is 42.6 Å². The molecule has 0 spiro atoms. The summed E-state index contributed by atoms with van der Waals surface area (Å²) in [6.45, 7) is 4.17. The zero-order chi connectivity index (χ0) is 15.2. The van der Waals surface area contributed by atoms with Gasteiger partial charge in [-0.3, -0.25) is 9.59 Å². The van der Waals surface area contributed by atoms with E-state index in [2.05, 4.69) is 17.6 Å². The van der Waals surface area contributed by atoms with Gasteiger partial charge in [0.2, 0.25) is 5.91 Å². The molecule has 1 atom stereocenters. The van der Waals surface area contributed by atoms with Crippen molar-refractivity contribution in [1.82, 2.24) is 5.32 Å². The summed E-state index contributed by atoms with van der Waals surface area (Å²) in [7, 11) is 0. The Bertz CT molecular complexity index is 531. The molecular formula is C16H22N2O2S. The van der Waals surface area contributed by atoms with Crippen molar-refractivity contribution >= 4 is 29.3 Å². The van der Waals surface area contributed by atoms with Crippen LogP contribution in [0.2, 0.25) is 0 Å². The SMILES string of the molecule is CCSCCC(C)NC(=O)c1ccc2c(c1)CCC(=O)N2. The second-order valence-electron chi connectivity index (χ2n) is 5.28. The molecule has 2 rings (SSSR count). The predicted molar refractivity (Wildman–Crippen MR) is 87.9 cm³/mol. The number of hydrogen-bond acceptors (Lipinski definition) is 3. The van der Waals surface area contributed by atoms with Crippen molar-refractivity contribution in [3.05, 3.63) is 29.3 Å². The van der Waals surface area contributed by atoms with Gasteiger partial charge < -0.3 is 10.6 Å². The van der Waals surface area contributed by atoms with Gasteiger partial charge in [-0.1, -0.05) is 6.92 Å². The number of anilines is 1. The maximum Gasteiger partial charge on any atom is 0.251 e. The van der Waals surface area contributed by atoms with Crippen LogP contribution < -0.4 is 10.6 Å². The van der Waals surface area contributed by atoms with Crippen molar-refractivity contribution in [2.75, 3.05) is 16.8 Å². The number of aryl methyl sites for hydroxylation is 1. The second-order valence-corrected chi connectivity index (χ2v) is 6.67. The van der Waals surface area contributed by atoms with E-state index >= 15 is 0 Å². The van der Waals surface area contributed by atoms with E-state index in [-0.39, 0.29) is 17.9 Å². The topological polar surface area (TPSA) is 58.2 Å². The summed E-state index contributed by atoms with van der Waals surface area (Å²) in [5.41, 5.74) is 2.53. The lowest BCUT2D eigenvalue weighted by atomic mass is 10.00. The Morgan fingerprint density at radius 1 is 1.43 bits per heavy atom. The number of nitrogens with one attached hydrogen (secondary N) is 2. The van der Waals surface area contributed by atoms with Gasteiger partial charge in [-0.2, -0.15) is 11.8 Å². The van der Waals surface area contributed by atoms with Gasteiger partial charge in [0.25, 0.3) is 5.91 Å². The van der Waals surface area contributed by atoms with Gasteiger partial charge in [0.15, 0.2) is 0 Å². The third-order valence-electron chi connectivity index (χ3n) is 3.54. The molecule has 114 valence electrons. The Kier molecular flexibility index (Phi) is 5.67. The monoisotopic (exact) mass is 306 g/mol. The number of fused-ring (bicyclic) bond motifs is 1. The minimum Gasteiger partial charge on any atom is -0.350 e. The van der Waals surface area contributed by atoms with E-state index in [9.17, 15) is 9.59 Å². The first kappa shape index (κ1) is 15.9. The Morgan fingerprint density at radius 3 is 3.00 bits per heavy atom. The summed E-state index contributed by atoms with van der Waals surface area (Å²) in [6, 6.07) is 5.65. The van der Waals surface area contributed by atoms with E-state index in [1.54, 1.807) is 6.07 Å². The molecule has 1 aromatic rings. The average Bonchev–Trinajstić information content (AvgIpc) is 2.46. The fourth-order valence-corrected chi connectivity index (χ4v) is 3.12. The normalized spacial score (nSPS) is 15.0. The summed E-state index contributed by atoms with van der Waals surface area (Å²) < 4.78 is 0. The zero-order valence-electron chi connectivity index (χ0n) is 12.6. The Morgan fingerprint density at radius 2 is 2.24 bits per heavy atom. The van der Waals surface area contributed by atoms with Crippen LogP contribution in [-0.2, 0) is 11.2 Å². The number of benzene rings is 1. The fraction of sp³-hybridized carbons (Fsp3) is 0.500.